The third kappa shape index (κ3) is 5.35. The number of thioether (sulfide) groups is 1. The summed E-state index contributed by atoms with van der Waals surface area (Å²) in [6.07, 6.45) is 1.74. The first-order chi connectivity index (χ1) is 11.9. The predicted molar refractivity (Wildman–Crippen MR) is 105 cm³/mol. The summed E-state index contributed by atoms with van der Waals surface area (Å²) in [5.74, 6) is 0.369. The zero-order chi connectivity index (χ0) is 18.4. The molecule has 2 N–H and O–H groups in total. The van der Waals surface area contributed by atoms with Crippen LogP contribution >= 0.6 is 34.7 Å². The number of nitrogens with zero attached hydrogens (tertiary/aromatic N) is 2. The van der Waals surface area contributed by atoms with E-state index in [1.54, 1.807) is 18.2 Å². The van der Waals surface area contributed by atoms with Crippen molar-refractivity contribution in [2.24, 2.45) is 0 Å². The van der Waals surface area contributed by atoms with Crippen LogP contribution in [0, 0.1) is 6.92 Å². The molecule has 1 amide bonds. The van der Waals surface area contributed by atoms with Gasteiger partial charge in [0.05, 0.1) is 18.0 Å². The van der Waals surface area contributed by atoms with E-state index in [9.17, 15) is 4.79 Å². The van der Waals surface area contributed by atoms with Gasteiger partial charge in [-0.1, -0.05) is 40.8 Å². The summed E-state index contributed by atoms with van der Waals surface area (Å²) in [6, 6.07) is 3.48. The molecule has 2 rings (SSSR count). The van der Waals surface area contributed by atoms with E-state index in [2.05, 4.69) is 27.4 Å². The van der Waals surface area contributed by atoms with Crippen molar-refractivity contribution < 1.29 is 9.53 Å². The molecule has 0 fully saturated rings. The number of benzene rings is 1. The molecule has 0 spiro atoms. The second-order valence-corrected chi connectivity index (χ2v) is 8.07. The molecule has 0 saturated carbocycles. The van der Waals surface area contributed by atoms with Crippen LogP contribution in [0.2, 0.25) is 5.02 Å². The monoisotopic (exact) mass is 398 g/mol. The Morgan fingerprint density at radius 2 is 2.28 bits per heavy atom. The lowest BCUT2D eigenvalue weighted by Gasteiger charge is -2.14. The van der Waals surface area contributed by atoms with E-state index in [1.807, 2.05) is 13.8 Å². The molecule has 0 unspecified atom stereocenters. The molecule has 0 saturated heterocycles. The first-order valence-corrected chi connectivity index (χ1v) is 9.52. The van der Waals surface area contributed by atoms with Gasteiger partial charge in [0.25, 0.3) is 0 Å². The summed E-state index contributed by atoms with van der Waals surface area (Å²) in [5, 5.41) is 15.0. The summed E-state index contributed by atoms with van der Waals surface area (Å²) in [5.41, 5.74) is 1.45. The molecule has 1 atom stereocenters. The minimum Gasteiger partial charge on any atom is -0.495 e. The summed E-state index contributed by atoms with van der Waals surface area (Å²) >= 11 is 8.83. The minimum absolute atomic E-state index is 0.152. The van der Waals surface area contributed by atoms with Gasteiger partial charge in [-0.3, -0.25) is 4.79 Å². The van der Waals surface area contributed by atoms with Crippen molar-refractivity contribution in [1.82, 2.24) is 10.2 Å². The summed E-state index contributed by atoms with van der Waals surface area (Å²) in [6.45, 7) is 7.94. The summed E-state index contributed by atoms with van der Waals surface area (Å²) in [4.78, 5) is 12.5. The number of aryl methyl sites for hydroxylation is 1. The number of rotatable bonds is 8. The van der Waals surface area contributed by atoms with E-state index in [4.69, 9.17) is 16.3 Å². The first-order valence-electron chi connectivity index (χ1n) is 7.44. The van der Waals surface area contributed by atoms with Crippen LogP contribution in [-0.2, 0) is 4.79 Å². The van der Waals surface area contributed by atoms with Gasteiger partial charge in [-0.05, 0) is 25.5 Å². The van der Waals surface area contributed by atoms with E-state index in [-0.39, 0.29) is 11.2 Å². The standard InChI is InChI=1S/C16H19ClN4O2S2/c1-5-6-18-15-20-21-16(25-15)24-10(3)14(22)19-12-7-9(2)11(17)8-13(12)23-4/h5,7-8,10H,1,6H2,2-4H3,(H,18,20)(H,19,22)/t10-/m1/s1. The zero-order valence-electron chi connectivity index (χ0n) is 14.1. The van der Waals surface area contributed by atoms with E-state index >= 15 is 0 Å². The number of anilines is 2. The Balaban J connectivity index is 2.02. The van der Waals surface area contributed by atoms with Gasteiger partial charge in [-0.2, -0.15) is 0 Å². The predicted octanol–water partition coefficient (Wildman–Crippen LogP) is 4.23. The summed E-state index contributed by atoms with van der Waals surface area (Å²) in [7, 11) is 1.54. The highest BCUT2D eigenvalue weighted by Gasteiger charge is 2.19. The molecule has 6 nitrogen and oxygen atoms in total. The van der Waals surface area contributed by atoms with Crippen molar-refractivity contribution in [3.8, 4) is 5.75 Å². The zero-order valence-corrected chi connectivity index (χ0v) is 16.5. The molecule has 0 bridgehead atoms. The molecule has 1 heterocycles. The second kappa shape index (κ2) is 9.07. The number of carbonyl (C=O) groups is 1. The van der Waals surface area contributed by atoms with Crippen LogP contribution in [-0.4, -0.2) is 35.0 Å². The van der Waals surface area contributed by atoms with E-state index in [0.29, 0.717) is 32.5 Å². The quantitative estimate of drug-likeness (QED) is 0.512. The highest BCUT2D eigenvalue weighted by Crippen LogP contribution is 2.33. The Labute approximate surface area is 160 Å². The smallest absolute Gasteiger partial charge is 0.237 e. The van der Waals surface area contributed by atoms with Crippen molar-refractivity contribution in [3.05, 3.63) is 35.4 Å². The number of halogens is 1. The minimum atomic E-state index is -0.346. The van der Waals surface area contributed by atoms with Gasteiger partial charge in [0.2, 0.25) is 11.0 Å². The number of hydrogen-bond acceptors (Lipinski definition) is 7. The Bertz CT molecular complexity index is 767. The topological polar surface area (TPSA) is 76.1 Å². The van der Waals surface area contributed by atoms with Crippen LogP contribution in [0.3, 0.4) is 0 Å². The number of hydrogen-bond donors (Lipinski definition) is 2. The maximum atomic E-state index is 12.5. The lowest BCUT2D eigenvalue weighted by atomic mass is 10.2. The Morgan fingerprint density at radius 1 is 1.52 bits per heavy atom. The van der Waals surface area contributed by atoms with Gasteiger partial charge in [-0.25, -0.2) is 0 Å². The average molecular weight is 399 g/mol. The molecule has 1 aromatic carbocycles. The Kier molecular flexibility index (Phi) is 7.10. The van der Waals surface area contributed by atoms with Crippen LogP contribution in [0.4, 0.5) is 10.8 Å². The molecule has 134 valence electrons. The van der Waals surface area contributed by atoms with Crippen LogP contribution in [0.25, 0.3) is 0 Å². The molecule has 0 aliphatic carbocycles. The van der Waals surface area contributed by atoms with Crippen LogP contribution in [0.5, 0.6) is 5.75 Å². The Hall–Kier alpha value is -1.77. The highest BCUT2D eigenvalue weighted by molar-refractivity contribution is 8.02. The summed E-state index contributed by atoms with van der Waals surface area (Å²) < 4.78 is 5.99. The van der Waals surface area contributed by atoms with E-state index in [0.717, 1.165) is 5.56 Å². The molecule has 0 aliphatic rings. The molecule has 0 aliphatic heterocycles. The SMILES string of the molecule is C=CCNc1nnc(S[C@H](C)C(=O)Nc2cc(C)c(Cl)cc2OC)s1. The maximum absolute atomic E-state index is 12.5. The third-order valence-electron chi connectivity index (χ3n) is 3.19. The van der Waals surface area contributed by atoms with E-state index in [1.165, 1.54) is 30.2 Å². The second-order valence-electron chi connectivity index (χ2n) is 5.09. The lowest BCUT2D eigenvalue weighted by molar-refractivity contribution is -0.115. The number of nitrogens with one attached hydrogen (secondary N) is 2. The van der Waals surface area contributed by atoms with Gasteiger partial charge in [0.15, 0.2) is 4.34 Å². The number of methoxy groups -OCH3 is 1. The third-order valence-corrected chi connectivity index (χ3v) is 5.66. The van der Waals surface area contributed by atoms with Crippen molar-refractivity contribution in [1.29, 1.82) is 0 Å². The van der Waals surface area contributed by atoms with Crippen LogP contribution in [0.1, 0.15) is 12.5 Å². The van der Waals surface area contributed by atoms with Crippen molar-refractivity contribution in [2.45, 2.75) is 23.4 Å². The van der Waals surface area contributed by atoms with Gasteiger partial charge in [0, 0.05) is 17.6 Å². The molecule has 2 aromatic rings. The van der Waals surface area contributed by atoms with Gasteiger partial charge in [0.1, 0.15) is 5.75 Å². The molecule has 1 aromatic heterocycles. The Morgan fingerprint density at radius 3 is 2.96 bits per heavy atom. The fourth-order valence-electron chi connectivity index (χ4n) is 1.86. The first kappa shape index (κ1) is 19.6. The van der Waals surface area contributed by atoms with Gasteiger partial charge < -0.3 is 15.4 Å². The number of amides is 1. The van der Waals surface area contributed by atoms with Crippen LogP contribution < -0.4 is 15.4 Å². The van der Waals surface area contributed by atoms with Crippen LogP contribution in [0.15, 0.2) is 29.1 Å². The van der Waals surface area contributed by atoms with Gasteiger partial charge >= 0.3 is 0 Å². The largest absolute Gasteiger partial charge is 0.495 e. The maximum Gasteiger partial charge on any atom is 0.237 e. The van der Waals surface area contributed by atoms with Crippen molar-refractivity contribution in [2.75, 3.05) is 24.3 Å². The number of carbonyl (C=O) groups excluding carboxylic acids is 1. The molecular formula is C16H19ClN4O2S2. The molecule has 0 radical (unpaired) electrons. The van der Waals surface area contributed by atoms with Gasteiger partial charge in [-0.15, -0.1) is 16.8 Å². The molecular weight excluding hydrogens is 380 g/mol. The normalized spacial score (nSPS) is 11.7. The average Bonchev–Trinajstić information content (AvgIpc) is 3.03. The molecule has 9 heteroatoms. The number of ether oxygens (including phenoxy) is 1. The fraction of sp³-hybridized carbons (Fsp3) is 0.312. The van der Waals surface area contributed by atoms with E-state index < -0.39 is 0 Å². The van der Waals surface area contributed by atoms with Crippen molar-refractivity contribution >= 4 is 51.4 Å². The molecule has 25 heavy (non-hydrogen) atoms. The fourth-order valence-corrected chi connectivity index (χ4v) is 3.91. The van der Waals surface area contributed by atoms with Crippen molar-refractivity contribution in [3.63, 3.8) is 0 Å². The highest BCUT2D eigenvalue weighted by atomic mass is 35.5. The number of aromatic nitrogens is 2. The lowest BCUT2D eigenvalue weighted by Crippen LogP contribution is -2.22.